The minimum absolute atomic E-state index is 0.0317. The highest BCUT2D eigenvalue weighted by Crippen LogP contribution is 2.33. The zero-order valence-corrected chi connectivity index (χ0v) is 21.9. The fourth-order valence-corrected chi connectivity index (χ4v) is 4.40. The first kappa shape index (κ1) is 28.9. The quantitative estimate of drug-likeness (QED) is 0.406. The maximum atomic E-state index is 13.7. The van der Waals surface area contributed by atoms with E-state index in [0.29, 0.717) is 5.56 Å². The lowest BCUT2D eigenvalue weighted by Gasteiger charge is -2.35. The second kappa shape index (κ2) is 12.6. The van der Waals surface area contributed by atoms with Crippen molar-refractivity contribution >= 4 is 23.8 Å². The second-order valence-electron chi connectivity index (χ2n) is 10.3. The highest BCUT2D eigenvalue weighted by atomic mass is 16.6. The molecule has 200 valence electrons. The van der Waals surface area contributed by atoms with Gasteiger partial charge in [0, 0.05) is 18.2 Å². The summed E-state index contributed by atoms with van der Waals surface area (Å²) in [6.45, 7) is 8.46. The van der Waals surface area contributed by atoms with Crippen LogP contribution < -0.4 is 16.4 Å². The van der Waals surface area contributed by atoms with Crippen LogP contribution in [0.5, 0.6) is 5.75 Å². The van der Waals surface area contributed by atoms with Crippen LogP contribution in [-0.2, 0) is 19.1 Å². The Kier molecular flexibility index (Phi) is 10.1. The number of nitrogens with one attached hydrogen (secondary N) is 2. The zero-order chi connectivity index (χ0) is 27.0. The van der Waals surface area contributed by atoms with Gasteiger partial charge >= 0.3 is 6.09 Å². The van der Waals surface area contributed by atoms with Gasteiger partial charge in [0.05, 0.1) is 6.42 Å². The third-order valence-electron chi connectivity index (χ3n) is 6.09. The summed E-state index contributed by atoms with van der Waals surface area (Å²) in [5.41, 5.74) is 5.35. The molecule has 2 rings (SSSR count). The first-order valence-corrected chi connectivity index (χ1v) is 12.5. The maximum absolute atomic E-state index is 13.7. The Bertz CT molecular complexity index is 952. The number of carbonyl (C=O) groups is 4. The molecule has 0 bridgehead atoms. The van der Waals surface area contributed by atoms with E-state index >= 15 is 0 Å². The predicted molar refractivity (Wildman–Crippen MR) is 135 cm³/mol. The number of alkyl carbamates (subject to hydrolysis) is 1. The SMILES string of the molecule is CCN(C(=O)C(CC(N)=O)NC(=O)OC(C)(C)C)C(C(=O)NC1CCCCC1)c1cccc(C)c1O. The molecular formula is C26H40N4O6. The van der Waals surface area contributed by atoms with Gasteiger partial charge in [0.1, 0.15) is 23.4 Å². The number of phenols is 1. The van der Waals surface area contributed by atoms with Crippen molar-refractivity contribution in [2.45, 2.75) is 96.9 Å². The first-order valence-electron chi connectivity index (χ1n) is 12.5. The zero-order valence-electron chi connectivity index (χ0n) is 21.9. The Morgan fingerprint density at radius 2 is 1.81 bits per heavy atom. The van der Waals surface area contributed by atoms with E-state index in [-0.39, 0.29) is 23.9 Å². The monoisotopic (exact) mass is 504 g/mol. The fraction of sp³-hybridized carbons (Fsp3) is 0.615. The number of hydrogen-bond acceptors (Lipinski definition) is 6. The average Bonchev–Trinajstić information content (AvgIpc) is 2.77. The van der Waals surface area contributed by atoms with E-state index in [9.17, 15) is 24.3 Å². The van der Waals surface area contributed by atoms with Gasteiger partial charge in [0.2, 0.25) is 17.7 Å². The Labute approximate surface area is 212 Å². The summed E-state index contributed by atoms with van der Waals surface area (Å²) in [5, 5.41) is 16.3. The van der Waals surface area contributed by atoms with Gasteiger partial charge < -0.3 is 31.1 Å². The molecule has 5 N–H and O–H groups in total. The van der Waals surface area contributed by atoms with Crippen molar-refractivity contribution < 1.29 is 29.0 Å². The molecule has 0 radical (unpaired) electrons. The number of hydrogen-bond donors (Lipinski definition) is 4. The van der Waals surface area contributed by atoms with Gasteiger partial charge in [-0.15, -0.1) is 0 Å². The van der Waals surface area contributed by atoms with Crippen molar-refractivity contribution in [3.63, 3.8) is 0 Å². The topological polar surface area (TPSA) is 151 Å². The number of phenolic OH excluding ortho intramolecular Hbond substituents is 1. The van der Waals surface area contributed by atoms with E-state index in [1.54, 1.807) is 52.8 Å². The number of aryl methyl sites for hydroxylation is 1. The third kappa shape index (κ3) is 8.13. The predicted octanol–water partition coefficient (Wildman–Crippen LogP) is 2.81. The van der Waals surface area contributed by atoms with Crippen molar-refractivity contribution in [2.75, 3.05) is 6.54 Å². The first-order chi connectivity index (χ1) is 16.8. The molecule has 0 aromatic heterocycles. The molecule has 10 nitrogen and oxygen atoms in total. The lowest BCUT2D eigenvalue weighted by atomic mass is 9.94. The van der Waals surface area contributed by atoms with Crippen molar-refractivity contribution in [2.24, 2.45) is 5.73 Å². The number of carbonyl (C=O) groups excluding carboxylic acids is 4. The Morgan fingerprint density at radius 1 is 1.17 bits per heavy atom. The molecule has 4 amide bonds. The number of nitrogens with zero attached hydrogens (tertiary/aromatic N) is 1. The van der Waals surface area contributed by atoms with Crippen LogP contribution in [0, 0.1) is 6.92 Å². The number of aromatic hydroxyl groups is 1. The minimum Gasteiger partial charge on any atom is -0.507 e. The molecule has 2 atom stereocenters. The normalized spacial score (nSPS) is 15.9. The van der Waals surface area contributed by atoms with Gasteiger partial charge in [-0.05, 0) is 53.0 Å². The number of rotatable bonds is 9. The van der Waals surface area contributed by atoms with E-state index in [1.807, 2.05) is 0 Å². The van der Waals surface area contributed by atoms with Gasteiger partial charge in [0.15, 0.2) is 0 Å². The van der Waals surface area contributed by atoms with Crippen molar-refractivity contribution in [3.05, 3.63) is 29.3 Å². The molecule has 36 heavy (non-hydrogen) atoms. The molecule has 1 aliphatic rings. The number of likely N-dealkylation sites (N-methyl/N-ethyl adjacent to an activating group) is 1. The summed E-state index contributed by atoms with van der Waals surface area (Å²) in [7, 11) is 0. The third-order valence-corrected chi connectivity index (χ3v) is 6.09. The molecule has 1 aromatic rings. The van der Waals surface area contributed by atoms with Crippen molar-refractivity contribution in [3.8, 4) is 5.75 Å². The van der Waals surface area contributed by atoms with Crippen LogP contribution in [-0.4, -0.2) is 58.1 Å². The smallest absolute Gasteiger partial charge is 0.408 e. The second-order valence-corrected chi connectivity index (χ2v) is 10.3. The summed E-state index contributed by atoms with van der Waals surface area (Å²) < 4.78 is 5.25. The van der Waals surface area contributed by atoms with Crippen molar-refractivity contribution in [1.29, 1.82) is 0 Å². The lowest BCUT2D eigenvalue weighted by Crippen LogP contribution is -2.54. The van der Waals surface area contributed by atoms with Crippen LogP contribution in [0.4, 0.5) is 4.79 Å². The largest absolute Gasteiger partial charge is 0.507 e. The molecule has 1 aromatic carbocycles. The summed E-state index contributed by atoms with van der Waals surface area (Å²) in [5.74, 6) is -2.03. The van der Waals surface area contributed by atoms with E-state index < -0.39 is 47.9 Å². The molecule has 0 saturated heterocycles. The van der Waals surface area contributed by atoms with Crippen LogP contribution in [0.25, 0.3) is 0 Å². The van der Waals surface area contributed by atoms with Crippen LogP contribution in [0.1, 0.15) is 83.4 Å². The molecule has 1 saturated carbocycles. The van der Waals surface area contributed by atoms with Crippen LogP contribution >= 0.6 is 0 Å². The average molecular weight is 505 g/mol. The van der Waals surface area contributed by atoms with E-state index in [0.717, 1.165) is 32.1 Å². The number of ether oxygens (including phenoxy) is 1. The van der Waals surface area contributed by atoms with Gasteiger partial charge in [0.25, 0.3) is 0 Å². The lowest BCUT2D eigenvalue weighted by molar-refractivity contribution is -0.143. The van der Waals surface area contributed by atoms with Crippen LogP contribution in [0.3, 0.4) is 0 Å². The number of primary amides is 1. The molecule has 0 spiro atoms. The Hall–Kier alpha value is -3.30. The number of para-hydroxylation sites is 1. The number of nitrogens with two attached hydrogens (primary N) is 1. The Balaban J connectivity index is 2.44. The molecule has 1 fully saturated rings. The van der Waals surface area contributed by atoms with E-state index in [2.05, 4.69) is 10.6 Å². The van der Waals surface area contributed by atoms with Gasteiger partial charge in [-0.25, -0.2) is 4.79 Å². The molecule has 1 aliphatic carbocycles. The Morgan fingerprint density at radius 3 is 2.36 bits per heavy atom. The molecular weight excluding hydrogens is 464 g/mol. The molecule has 0 aliphatic heterocycles. The summed E-state index contributed by atoms with van der Waals surface area (Å²) in [6.07, 6.45) is 3.42. The van der Waals surface area contributed by atoms with E-state index in [1.165, 1.54) is 4.90 Å². The number of amides is 4. The number of benzene rings is 1. The van der Waals surface area contributed by atoms with Crippen LogP contribution in [0.2, 0.25) is 0 Å². The van der Waals surface area contributed by atoms with Crippen molar-refractivity contribution in [1.82, 2.24) is 15.5 Å². The standard InChI is InChI=1S/C26H40N4O6/c1-6-30(24(34)19(15-20(27)31)29-25(35)36-26(3,4)5)21(18-14-10-11-16(2)22(18)32)23(33)28-17-12-8-7-9-13-17/h10-11,14,17,19,21,32H,6-9,12-13,15H2,1-5H3,(H2,27,31)(H,28,33)(H,29,35). The summed E-state index contributed by atoms with van der Waals surface area (Å²) >= 11 is 0. The highest BCUT2D eigenvalue weighted by Gasteiger charge is 2.38. The molecule has 0 heterocycles. The van der Waals surface area contributed by atoms with Crippen LogP contribution in [0.15, 0.2) is 18.2 Å². The fourth-order valence-electron chi connectivity index (χ4n) is 4.40. The highest BCUT2D eigenvalue weighted by molar-refractivity contribution is 5.94. The molecule has 2 unspecified atom stereocenters. The minimum atomic E-state index is -1.35. The van der Waals surface area contributed by atoms with E-state index in [4.69, 9.17) is 10.5 Å². The maximum Gasteiger partial charge on any atom is 0.408 e. The van der Waals surface area contributed by atoms with Gasteiger partial charge in [-0.3, -0.25) is 14.4 Å². The van der Waals surface area contributed by atoms with Gasteiger partial charge in [-0.2, -0.15) is 0 Å². The van der Waals surface area contributed by atoms with Gasteiger partial charge in [-0.1, -0.05) is 37.5 Å². The molecule has 10 heteroatoms. The summed E-state index contributed by atoms with van der Waals surface area (Å²) in [4.78, 5) is 52.8. The summed E-state index contributed by atoms with van der Waals surface area (Å²) in [6, 6.07) is 2.43.